The van der Waals surface area contributed by atoms with E-state index in [1.54, 1.807) is 31.2 Å². The van der Waals surface area contributed by atoms with E-state index in [4.69, 9.17) is 4.74 Å². The summed E-state index contributed by atoms with van der Waals surface area (Å²) < 4.78 is 32.5. The van der Waals surface area contributed by atoms with Gasteiger partial charge in [-0.05, 0) is 37.1 Å². The Hall–Kier alpha value is -3.24. The number of hydrogen-bond acceptors (Lipinski definition) is 6. The van der Waals surface area contributed by atoms with Crippen molar-refractivity contribution in [1.29, 1.82) is 0 Å². The summed E-state index contributed by atoms with van der Waals surface area (Å²) in [5.41, 5.74) is -0.424. The van der Waals surface area contributed by atoms with Crippen molar-refractivity contribution < 1.29 is 17.9 Å². The van der Waals surface area contributed by atoms with E-state index in [2.05, 4.69) is 9.97 Å². The molecule has 2 N–H and O–H groups in total. The summed E-state index contributed by atoms with van der Waals surface area (Å²) >= 11 is 0. The van der Waals surface area contributed by atoms with Crippen molar-refractivity contribution in [2.45, 2.75) is 24.3 Å². The average Bonchev–Trinajstić information content (AvgIpc) is 2.72. The first-order valence-corrected chi connectivity index (χ1v) is 10.6. The van der Waals surface area contributed by atoms with Crippen LogP contribution in [0.25, 0.3) is 10.9 Å². The molecule has 0 saturated heterocycles. The lowest BCUT2D eigenvalue weighted by Gasteiger charge is -2.26. The van der Waals surface area contributed by atoms with Crippen LogP contribution in [0.5, 0.6) is 0 Å². The Morgan fingerprint density at radius 3 is 2.47 bits per heavy atom. The van der Waals surface area contributed by atoms with Crippen molar-refractivity contribution in [3.05, 3.63) is 74.9 Å². The number of benzene rings is 2. The zero-order valence-corrected chi connectivity index (χ0v) is 17.2. The molecule has 0 saturated carbocycles. The summed E-state index contributed by atoms with van der Waals surface area (Å²) in [6, 6.07) is 11.7. The number of ether oxygens (including phenoxy) is 1. The highest BCUT2D eigenvalue weighted by molar-refractivity contribution is 7.89. The molecule has 0 bridgehead atoms. The number of H-pyrrole nitrogens is 2. The first-order valence-electron chi connectivity index (χ1n) is 9.19. The topological polar surface area (TPSA) is 129 Å². The number of nitrogens with zero attached hydrogens (tertiary/aromatic N) is 1. The quantitative estimate of drug-likeness (QED) is 0.537. The van der Waals surface area contributed by atoms with Crippen molar-refractivity contribution in [3.63, 3.8) is 0 Å². The van der Waals surface area contributed by atoms with E-state index < -0.39 is 33.3 Å². The summed E-state index contributed by atoms with van der Waals surface area (Å²) in [5, 5.41) is 0.0137. The fourth-order valence-corrected chi connectivity index (χ4v) is 4.41. The molecule has 1 heterocycles. The normalized spacial score (nSPS) is 12.8. The Morgan fingerprint density at radius 1 is 1.10 bits per heavy atom. The first kappa shape index (κ1) is 21.5. The SMILES string of the molecule is CCOC(=O)C(Cc1ccccc1)N(C)S(=O)(=O)c1ccc2[nH]c(=O)[nH]c(=O)c2c1. The van der Waals surface area contributed by atoms with Gasteiger partial charge in [-0.25, -0.2) is 13.2 Å². The van der Waals surface area contributed by atoms with E-state index in [0.29, 0.717) is 0 Å². The van der Waals surface area contributed by atoms with Crippen molar-refractivity contribution in [2.75, 3.05) is 13.7 Å². The number of hydrogen-bond donors (Lipinski definition) is 2. The molecule has 0 aliphatic rings. The number of likely N-dealkylation sites (N-methyl/N-ethyl adjacent to an activating group) is 1. The summed E-state index contributed by atoms with van der Waals surface area (Å²) in [6.45, 7) is 1.75. The minimum atomic E-state index is -4.15. The second kappa shape index (κ2) is 8.64. The third-order valence-corrected chi connectivity index (χ3v) is 6.52. The highest BCUT2D eigenvalue weighted by Crippen LogP contribution is 2.22. The van der Waals surface area contributed by atoms with E-state index in [1.807, 2.05) is 6.07 Å². The number of esters is 1. The molecule has 30 heavy (non-hydrogen) atoms. The number of rotatable bonds is 7. The van der Waals surface area contributed by atoms with Crippen LogP contribution in [0, 0.1) is 0 Å². The molecule has 2 aromatic carbocycles. The molecule has 0 aliphatic carbocycles. The predicted octanol–water partition coefficient (Wildman–Crippen LogP) is 1.01. The Kier molecular flexibility index (Phi) is 6.18. The van der Waals surface area contributed by atoms with Crippen LogP contribution in [0.3, 0.4) is 0 Å². The van der Waals surface area contributed by atoms with Crippen LogP contribution in [0.15, 0.2) is 63.0 Å². The van der Waals surface area contributed by atoms with Crippen molar-refractivity contribution >= 4 is 26.9 Å². The second-order valence-corrected chi connectivity index (χ2v) is 8.59. The Morgan fingerprint density at radius 2 is 1.80 bits per heavy atom. The van der Waals surface area contributed by atoms with E-state index in [0.717, 1.165) is 9.87 Å². The van der Waals surface area contributed by atoms with Gasteiger partial charge in [0, 0.05) is 7.05 Å². The fraction of sp³-hybridized carbons (Fsp3) is 0.250. The van der Waals surface area contributed by atoms with Gasteiger partial charge < -0.3 is 9.72 Å². The molecule has 158 valence electrons. The number of fused-ring (bicyclic) bond motifs is 1. The average molecular weight is 431 g/mol. The second-order valence-electron chi connectivity index (χ2n) is 6.59. The van der Waals surface area contributed by atoms with Gasteiger partial charge in [-0.15, -0.1) is 0 Å². The number of aromatic nitrogens is 2. The molecule has 1 aromatic heterocycles. The highest BCUT2D eigenvalue weighted by atomic mass is 32.2. The minimum absolute atomic E-state index is 0.0137. The number of aromatic amines is 2. The molecule has 10 heteroatoms. The minimum Gasteiger partial charge on any atom is -0.465 e. The monoisotopic (exact) mass is 431 g/mol. The zero-order valence-electron chi connectivity index (χ0n) is 16.4. The van der Waals surface area contributed by atoms with Crippen LogP contribution in [-0.4, -0.2) is 48.4 Å². The van der Waals surface area contributed by atoms with E-state index in [-0.39, 0.29) is 28.8 Å². The third kappa shape index (κ3) is 4.34. The molecule has 1 unspecified atom stereocenters. The summed E-state index contributed by atoms with van der Waals surface area (Å²) in [4.78, 5) is 40.3. The molecule has 0 radical (unpaired) electrons. The number of sulfonamides is 1. The van der Waals surface area contributed by atoms with E-state index >= 15 is 0 Å². The number of nitrogens with one attached hydrogen (secondary N) is 2. The van der Waals surface area contributed by atoms with Crippen LogP contribution in [0.1, 0.15) is 12.5 Å². The number of carbonyl (C=O) groups is 1. The van der Waals surface area contributed by atoms with Gasteiger partial charge in [0.1, 0.15) is 6.04 Å². The lowest BCUT2D eigenvalue weighted by Crippen LogP contribution is -2.44. The number of carbonyl (C=O) groups excluding carboxylic acids is 1. The van der Waals surface area contributed by atoms with Gasteiger partial charge in [0.15, 0.2) is 0 Å². The predicted molar refractivity (Wildman–Crippen MR) is 111 cm³/mol. The Balaban J connectivity index is 2.03. The van der Waals surface area contributed by atoms with Crippen LogP contribution in [0.4, 0.5) is 0 Å². The van der Waals surface area contributed by atoms with Gasteiger partial charge in [-0.2, -0.15) is 4.31 Å². The van der Waals surface area contributed by atoms with Gasteiger partial charge in [0.05, 0.1) is 22.4 Å². The zero-order chi connectivity index (χ0) is 21.9. The standard InChI is InChI=1S/C20H21N3O6S/c1-3-29-19(25)17(11-13-7-5-4-6-8-13)23(2)30(27,28)14-9-10-16-15(12-14)18(24)22-20(26)21-16/h4-10,12,17H,3,11H2,1-2H3,(H2,21,22,24,26). The Bertz CT molecular complexity index is 1280. The van der Waals surface area contributed by atoms with E-state index in [9.17, 15) is 22.8 Å². The lowest BCUT2D eigenvalue weighted by molar-refractivity contribution is -0.147. The van der Waals surface area contributed by atoms with Crippen molar-refractivity contribution in [2.24, 2.45) is 0 Å². The largest absolute Gasteiger partial charge is 0.465 e. The molecular weight excluding hydrogens is 410 g/mol. The maximum absolute atomic E-state index is 13.2. The summed E-state index contributed by atoms with van der Waals surface area (Å²) in [7, 11) is -2.86. The third-order valence-electron chi connectivity index (χ3n) is 4.66. The van der Waals surface area contributed by atoms with Crippen molar-refractivity contribution in [3.8, 4) is 0 Å². The van der Waals surface area contributed by atoms with Crippen molar-refractivity contribution in [1.82, 2.24) is 14.3 Å². The lowest BCUT2D eigenvalue weighted by atomic mass is 10.1. The Labute approximate surface area is 172 Å². The molecule has 0 spiro atoms. The summed E-state index contributed by atoms with van der Waals surface area (Å²) in [5.74, 6) is -0.671. The molecule has 0 aliphatic heterocycles. The molecule has 0 amide bonds. The maximum Gasteiger partial charge on any atom is 0.326 e. The van der Waals surface area contributed by atoms with E-state index in [1.165, 1.54) is 25.2 Å². The summed E-state index contributed by atoms with van der Waals surface area (Å²) in [6.07, 6.45) is 0.122. The fourth-order valence-electron chi connectivity index (χ4n) is 3.07. The van der Waals surface area contributed by atoms with Crippen LogP contribution in [-0.2, 0) is 26.0 Å². The molecule has 3 aromatic rings. The molecular formula is C20H21N3O6S. The molecule has 0 fully saturated rings. The van der Waals surface area contributed by atoms with Gasteiger partial charge in [0.25, 0.3) is 5.56 Å². The molecule has 3 rings (SSSR count). The van der Waals surface area contributed by atoms with Crippen LogP contribution in [0.2, 0.25) is 0 Å². The van der Waals surface area contributed by atoms with Gasteiger partial charge in [-0.3, -0.25) is 14.6 Å². The molecule has 1 atom stereocenters. The smallest absolute Gasteiger partial charge is 0.326 e. The highest BCUT2D eigenvalue weighted by Gasteiger charge is 2.34. The van der Waals surface area contributed by atoms with Crippen LogP contribution >= 0.6 is 0 Å². The van der Waals surface area contributed by atoms with Crippen LogP contribution < -0.4 is 11.2 Å². The maximum atomic E-state index is 13.2. The molecule has 9 nitrogen and oxygen atoms in total. The van der Waals surface area contributed by atoms with Gasteiger partial charge in [-0.1, -0.05) is 30.3 Å². The van der Waals surface area contributed by atoms with Gasteiger partial charge >= 0.3 is 11.7 Å². The van der Waals surface area contributed by atoms with Gasteiger partial charge in [0.2, 0.25) is 10.0 Å². The first-order chi connectivity index (χ1) is 14.2.